The van der Waals surface area contributed by atoms with Gasteiger partial charge in [0.25, 0.3) is 5.56 Å². The predicted molar refractivity (Wildman–Crippen MR) is 97.4 cm³/mol. The van der Waals surface area contributed by atoms with Crippen molar-refractivity contribution in [1.82, 2.24) is 9.55 Å². The third-order valence-electron chi connectivity index (χ3n) is 4.21. The van der Waals surface area contributed by atoms with Gasteiger partial charge in [0, 0.05) is 16.8 Å². The van der Waals surface area contributed by atoms with Gasteiger partial charge >= 0.3 is 0 Å². The molecule has 0 bridgehead atoms. The second kappa shape index (κ2) is 7.23. The number of nitrogens with zero attached hydrogens (tertiary/aromatic N) is 2. The maximum atomic E-state index is 12.6. The molecule has 130 valence electrons. The third-order valence-corrected chi connectivity index (χ3v) is 4.89. The Balaban J connectivity index is 1.79. The highest BCUT2D eigenvalue weighted by atomic mass is 32.2. The van der Waals surface area contributed by atoms with Crippen molar-refractivity contribution in [3.8, 4) is 0 Å². The molecule has 0 saturated heterocycles. The number of rotatable bonds is 5. The van der Waals surface area contributed by atoms with Crippen molar-refractivity contribution in [2.75, 3.05) is 11.6 Å². The highest BCUT2D eigenvalue weighted by Gasteiger charge is 2.21. The van der Waals surface area contributed by atoms with E-state index in [1.54, 1.807) is 24.3 Å². The summed E-state index contributed by atoms with van der Waals surface area (Å²) in [6, 6.07) is 6.67. The van der Waals surface area contributed by atoms with Crippen LogP contribution in [0, 0.1) is 0 Å². The monoisotopic (exact) mass is 357 g/mol. The Kier molecular flexibility index (Phi) is 5.03. The first-order valence-corrected chi connectivity index (χ1v) is 9.29. The van der Waals surface area contributed by atoms with Crippen molar-refractivity contribution in [2.45, 2.75) is 37.9 Å². The van der Waals surface area contributed by atoms with Crippen molar-refractivity contribution in [3.63, 3.8) is 0 Å². The smallest absolute Gasteiger partial charge is 0.258 e. The van der Waals surface area contributed by atoms with Crippen molar-refractivity contribution in [2.24, 2.45) is 0 Å². The molecule has 0 atom stereocenters. The molecule has 1 aliphatic rings. The Morgan fingerprint density at radius 2 is 1.96 bits per heavy atom. The number of fused-ring (bicyclic) bond motifs is 1. The van der Waals surface area contributed by atoms with Gasteiger partial charge in [0.2, 0.25) is 5.91 Å². The zero-order valence-corrected chi connectivity index (χ0v) is 15.0. The lowest BCUT2D eigenvalue weighted by atomic mass is 10.1. The van der Waals surface area contributed by atoms with E-state index in [2.05, 4.69) is 10.3 Å². The van der Waals surface area contributed by atoms with Crippen LogP contribution in [0.2, 0.25) is 0 Å². The van der Waals surface area contributed by atoms with Crippen molar-refractivity contribution < 1.29 is 9.59 Å². The number of hydrogen-bond donors (Lipinski definition) is 1. The molecule has 0 unspecified atom stereocenters. The quantitative estimate of drug-likeness (QED) is 0.504. The number of anilines is 1. The lowest BCUT2D eigenvalue weighted by Gasteiger charge is -2.13. The normalized spacial score (nSPS) is 12.7. The number of nitrogens with one attached hydrogen (secondary N) is 1. The molecule has 0 aliphatic heterocycles. The summed E-state index contributed by atoms with van der Waals surface area (Å²) in [7, 11) is 0. The molecular formula is C18H19N3O3S. The Morgan fingerprint density at radius 3 is 2.60 bits per heavy atom. The molecule has 1 aliphatic carbocycles. The van der Waals surface area contributed by atoms with Crippen LogP contribution < -0.4 is 10.9 Å². The minimum Gasteiger partial charge on any atom is -0.325 e. The van der Waals surface area contributed by atoms with Crippen molar-refractivity contribution in [1.29, 1.82) is 0 Å². The number of Topliss-reactive ketones (excluding diaryl/α,β-unsaturated/α-hetero) is 1. The molecular weight excluding hydrogens is 338 g/mol. The van der Waals surface area contributed by atoms with E-state index in [1.807, 2.05) is 6.26 Å². The first kappa shape index (κ1) is 17.4. The van der Waals surface area contributed by atoms with Gasteiger partial charge in [-0.25, -0.2) is 4.98 Å². The van der Waals surface area contributed by atoms with E-state index < -0.39 is 0 Å². The second-order valence-corrected chi connectivity index (χ2v) is 6.72. The molecule has 7 heteroatoms. The van der Waals surface area contributed by atoms with E-state index in [-0.39, 0.29) is 23.8 Å². The minimum atomic E-state index is -0.298. The molecule has 6 nitrogen and oxygen atoms in total. The lowest BCUT2D eigenvalue weighted by molar-refractivity contribution is -0.116. The number of benzene rings is 1. The van der Waals surface area contributed by atoms with Crippen molar-refractivity contribution in [3.05, 3.63) is 51.4 Å². The molecule has 0 saturated carbocycles. The van der Waals surface area contributed by atoms with Gasteiger partial charge in [0.1, 0.15) is 6.54 Å². The van der Waals surface area contributed by atoms with Crippen LogP contribution in [0.25, 0.3) is 0 Å². The highest BCUT2D eigenvalue weighted by Crippen LogP contribution is 2.20. The molecule has 0 radical (unpaired) electrons. The fraction of sp³-hybridized carbons (Fsp3) is 0.333. The maximum Gasteiger partial charge on any atom is 0.258 e. The number of carbonyl (C=O) groups is 2. The van der Waals surface area contributed by atoms with Crippen LogP contribution in [0.3, 0.4) is 0 Å². The molecule has 0 spiro atoms. The first-order valence-electron chi connectivity index (χ1n) is 8.07. The largest absolute Gasteiger partial charge is 0.325 e. The second-order valence-electron chi connectivity index (χ2n) is 5.95. The molecule has 3 rings (SSSR count). The summed E-state index contributed by atoms with van der Waals surface area (Å²) in [6.07, 6.45) is 4.33. The Morgan fingerprint density at radius 1 is 1.24 bits per heavy atom. The number of thioether (sulfide) groups is 1. The zero-order chi connectivity index (χ0) is 18.0. The number of ketones is 1. The molecule has 1 aromatic carbocycles. The van der Waals surface area contributed by atoms with Crippen LogP contribution in [-0.4, -0.2) is 27.5 Å². The van der Waals surface area contributed by atoms with E-state index in [0.717, 1.165) is 30.5 Å². The van der Waals surface area contributed by atoms with Gasteiger partial charge in [0.15, 0.2) is 10.9 Å². The van der Waals surface area contributed by atoms with Gasteiger partial charge in [-0.15, -0.1) is 0 Å². The summed E-state index contributed by atoms with van der Waals surface area (Å²) in [4.78, 5) is 40.8. The van der Waals surface area contributed by atoms with E-state index in [0.29, 0.717) is 16.4 Å². The highest BCUT2D eigenvalue weighted by molar-refractivity contribution is 7.98. The number of aromatic nitrogens is 2. The summed E-state index contributed by atoms with van der Waals surface area (Å²) >= 11 is 1.36. The molecule has 1 amide bonds. The standard InChI is InChI=1S/C18H19N3O3S/c1-11(22)12-6-8-13(9-7-12)19-16(23)10-21-17(24)14-4-3-5-15(14)20-18(21)25-2/h6-9H,3-5,10H2,1-2H3,(H,19,23). The summed E-state index contributed by atoms with van der Waals surface area (Å²) in [5, 5.41) is 3.32. The first-order chi connectivity index (χ1) is 12.0. The van der Waals surface area contributed by atoms with E-state index in [4.69, 9.17) is 0 Å². The van der Waals surface area contributed by atoms with Crippen LogP contribution in [0.4, 0.5) is 5.69 Å². The molecule has 25 heavy (non-hydrogen) atoms. The summed E-state index contributed by atoms with van der Waals surface area (Å²) in [5.74, 6) is -0.328. The number of aryl methyl sites for hydroxylation is 1. The Labute approximate surface area is 149 Å². The Hall–Kier alpha value is -2.41. The summed E-state index contributed by atoms with van der Waals surface area (Å²) in [5.41, 5.74) is 2.65. The van der Waals surface area contributed by atoms with E-state index >= 15 is 0 Å². The number of hydrogen-bond acceptors (Lipinski definition) is 5. The predicted octanol–water partition coefficient (Wildman–Crippen LogP) is 2.30. The summed E-state index contributed by atoms with van der Waals surface area (Å²) in [6.45, 7) is 1.41. The maximum absolute atomic E-state index is 12.6. The topological polar surface area (TPSA) is 81.1 Å². The van der Waals surface area contributed by atoms with Crippen LogP contribution in [0.15, 0.2) is 34.2 Å². The van der Waals surface area contributed by atoms with Crippen molar-refractivity contribution >= 4 is 29.1 Å². The van der Waals surface area contributed by atoms with Crippen LogP contribution in [0.1, 0.15) is 35.0 Å². The van der Waals surface area contributed by atoms with Crippen LogP contribution in [0.5, 0.6) is 0 Å². The van der Waals surface area contributed by atoms with Gasteiger partial charge in [-0.3, -0.25) is 19.0 Å². The fourth-order valence-corrected chi connectivity index (χ4v) is 3.50. The molecule has 0 fully saturated rings. The molecule has 2 aromatic rings. The molecule has 1 N–H and O–H groups in total. The Bertz CT molecular complexity index is 888. The minimum absolute atomic E-state index is 0.0294. The summed E-state index contributed by atoms with van der Waals surface area (Å²) < 4.78 is 1.44. The fourth-order valence-electron chi connectivity index (χ4n) is 2.93. The van der Waals surface area contributed by atoms with E-state index in [9.17, 15) is 14.4 Å². The molecule has 1 aromatic heterocycles. The van der Waals surface area contributed by atoms with Gasteiger partial charge < -0.3 is 5.32 Å². The van der Waals surface area contributed by atoms with Gasteiger partial charge in [-0.2, -0.15) is 0 Å². The van der Waals surface area contributed by atoms with Gasteiger partial charge in [-0.05, 0) is 56.7 Å². The van der Waals surface area contributed by atoms with Crippen LogP contribution in [-0.2, 0) is 24.2 Å². The van der Waals surface area contributed by atoms with E-state index in [1.165, 1.54) is 23.3 Å². The number of amides is 1. The third kappa shape index (κ3) is 3.66. The van der Waals surface area contributed by atoms with Gasteiger partial charge in [0.05, 0.1) is 5.69 Å². The van der Waals surface area contributed by atoms with Gasteiger partial charge in [-0.1, -0.05) is 11.8 Å². The zero-order valence-electron chi connectivity index (χ0n) is 14.2. The SMILES string of the molecule is CSc1nc2c(c(=O)n1CC(=O)Nc1ccc(C(C)=O)cc1)CCC2. The van der Waals surface area contributed by atoms with Crippen LogP contribution >= 0.6 is 11.8 Å². The average molecular weight is 357 g/mol. The number of carbonyl (C=O) groups excluding carboxylic acids is 2. The lowest BCUT2D eigenvalue weighted by Crippen LogP contribution is -2.31. The average Bonchev–Trinajstić information content (AvgIpc) is 3.06. The molecule has 1 heterocycles.